The van der Waals surface area contributed by atoms with E-state index < -0.39 is 0 Å². The number of nitrogens with two attached hydrogens (primary N) is 1. The van der Waals surface area contributed by atoms with E-state index in [0.29, 0.717) is 22.1 Å². The number of benzene rings is 2. The Labute approximate surface area is 125 Å². The molecule has 2 aromatic carbocycles. The lowest BCUT2D eigenvalue weighted by molar-refractivity contribution is 0.481. The van der Waals surface area contributed by atoms with Gasteiger partial charge in [-0.3, -0.25) is 5.41 Å². The van der Waals surface area contributed by atoms with Crippen molar-refractivity contribution < 1.29 is 4.74 Å². The van der Waals surface area contributed by atoms with Gasteiger partial charge in [-0.25, -0.2) is 0 Å². The second-order valence-electron chi connectivity index (χ2n) is 4.09. The minimum Gasteiger partial charge on any atom is -0.455 e. The van der Waals surface area contributed by atoms with E-state index in [2.05, 4.69) is 15.9 Å². The van der Waals surface area contributed by atoms with Crippen LogP contribution < -0.4 is 10.5 Å². The summed E-state index contributed by atoms with van der Waals surface area (Å²) in [5, 5.41) is 8.07. The van der Waals surface area contributed by atoms with Crippen LogP contribution in [-0.2, 0) is 0 Å². The van der Waals surface area contributed by atoms with Gasteiger partial charge in [0.05, 0.1) is 10.6 Å². The van der Waals surface area contributed by atoms with Crippen molar-refractivity contribution in [3.8, 4) is 11.5 Å². The average molecular weight is 340 g/mol. The fourth-order valence-electron chi connectivity index (χ4n) is 1.62. The summed E-state index contributed by atoms with van der Waals surface area (Å²) in [6.45, 7) is 1.93. The number of nitrogens with one attached hydrogen (secondary N) is 1. The zero-order valence-electron chi connectivity index (χ0n) is 10.2. The summed E-state index contributed by atoms with van der Waals surface area (Å²) in [5.41, 5.74) is 7.13. The number of amidine groups is 1. The van der Waals surface area contributed by atoms with E-state index in [-0.39, 0.29) is 5.84 Å². The van der Waals surface area contributed by atoms with Crippen molar-refractivity contribution in [1.82, 2.24) is 0 Å². The molecule has 19 heavy (non-hydrogen) atoms. The summed E-state index contributed by atoms with van der Waals surface area (Å²) in [5.74, 6) is 1.01. The van der Waals surface area contributed by atoms with Gasteiger partial charge >= 0.3 is 0 Å². The predicted molar refractivity (Wildman–Crippen MR) is 81.4 cm³/mol. The number of halogens is 2. The summed E-state index contributed by atoms with van der Waals surface area (Å²) in [4.78, 5) is 0. The van der Waals surface area contributed by atoms with Crippen LogP contribution in [0.25, 0.3) is 0 Å². The summed E-state index contributed by atoms with van der Waals surface area (Å²) < 4.78 is 6.61. The van der Waals surface area contributed by atoms with E-state index in [0.717, 1.165) is 10.0 Å². The Morgan fingerprint density at radius 1 is 1.21 bits per heavy atom. The average Bonchev–Trinajstić information content (AvgIpc) is 2.34. The first-order valence-corrected chi connectivity index (χ1v) is 6.72. The Hall–Kier alpha value is -1.52. The molecule has 0 aromatic heterocycles. The van der Waals surface area contributed by atoms with Gasteiger partial charge in [-0.05, 0) is 37.3 Å². The molecule has 0 radical (unpaired) electrons. The molecule has 0 unspecified atom stereocenters. The van der Waals surface area contributed by atoms with Crippen LogP contribution in [0.15, 0.2) is 40.9 Å². The third-order valence-corrected chi connectivity index (χ3v) is 3.33. The van der Waals surface area contributed by atoms with Gasteiger partial charge in [0.1, 0.15) is 17.3 Å². The Morgan fingerprint density at radius 3 is 2.53 bits per heavy atom. The molecule has 0 aliphatic heterocycles. The topological polar surface area (TPSA) is 59.1 Å². The van der Waals surface area contributed by atoms with Crippen molar-refractivity contribution in [2.75, 3.05) is 0 Å². The highest BCUT2D eigenvalue weighted by atomic mass is 79.9. The van der Waals surface area contributed by atoms with Crippen LogP contribution in [0.2, 0.25) is 5.02 Å². The molecule has 0 aliphatic rings. The van der Waals surface area contributed by atoms with Crippen LogP contribution in [0.4, 0.5) is 0 Å². The Kier molecular flexibility index (Phi) is 4.12. The van der Waals surface area contributed by atoms with Gasteiger partial charge in [-0.1, -0.05) is 39.2 Å². The number of rotatable bonds is 3. The highest BCUT2D eigenvalue weighted by Crippen LogP contribution is 2.33. The van der Waals surface area contributed by atoms with Gasteiger partial charge in [-0.15, -0.1) is 0 Å². The van der Waals surface area contributed by atoms with Gasteiger partial charge in [0.2, 0.25) is 0 Å². The summed E-state index contributed by atoms with van der Waals surface area (Å²) >= 11 is 9.44. The van der Waals surface area contributed by atoms with Crippen LogP contribution in [0.3, 0.4) is 0 Å². The fourth-order valence-corrected chi connectivity index (χ4v) is 2.33. The number of aryl methyl sites for hydroxylation is 1. The molecule has 2 aromatic rings. The van der Waals surface area contributed by atoms with E-state index in [1.165, 1.54) is 0 Å². The van der Waals surface area contributed by atoms with Crippen molar-refractivity contribution in [1.29, 1.82) is 5.41 Å². The maximum absolute atomic E-state index is 7.58. The first-order valence-electron chi connectivity index (χ1n) is 5.55. The molecule has 3 N–H and O–H groups in total. The lowest BCUT2D eigenvalue weighted by Gasteiger charge is -2.12. The minimum atomic E-state index is -0.0352. The summed E-state index contributed by atoms with van der Waals surface area (Å²) in [6.07, 6.45) is 0. The van der Waals surface area contributed by atoms with Crippen LogP contribution in [0.1, 0.15) is 11.1 Å². The van der Waals surface area contributed by atoms with Gasteiger partial charge < -0.3 is 10.5 Å². The third kappa shape index (κ3) is 3.28. The molecule has 0 fully saturated rings. The normalized spacial score (nSPS) is 10.3. The van der Waals surface area contributed by atoms with Gasteiger partial charge in [0.25, 0.3) is 0 Å². The molecule has 0 heterocycles. The van der Waals surface area contributed by atoms with Crippen molar-refractivity contribution in [2.24, 2.45) is 5.73 Å². The molecule has 2 rings (SSSR count). The molecule has 0 bridgehead atoms. The molecule has 0 saturated carbocycles. The van der Waals surface area contributed by atoms with Crippen LogP contribution in [0.5, 0.6) is 11.5 Å². The van der Waals surface area contributed by atoms with Gasteiger partial charge in [0, 0.05) is 4.47 Å². The second kappa shape index (κ2) is 5.63. The molecule has 3 nitrogen and oxygen atoms in total. The highest BCUT2D eigenvalue weighted by Gasteiger charge is 2.10. The molecule has 0 saturated heterocycles. The third-order valence-electron chi connectivity index (χ3n) is 2.54. The second-order valence-corrected chi connectivity index (χ2v) is 5.41. The number of nitrogen functional groups attached to an aromatic ring is 1. The molecule has 0 aliphatic carbocycles. The first kappa shape index (κ1) is 13.9. The zero-order valence-corrected chi connectivity index (χ0v) is 12.5. The van der Waals surface area contributed by atoms with Crippen LogP contribution in [-0.4, -0.2) is 5.84 Å². The SMILES string of the molecule is Cc1ccc(Oc2ccc(Br)cc2Cl)c(C(=N)N)c1. The highest BCUT2D eigenvalue weighted by molar-refractivity contribution is 9.10. The minimum absolute atomic E-state index is 0.0352. The molecule has 0 spiro atoms. The Balaban J connectivity index is 2.40. The van der Waals surface area contributed by atoms with Gasteiger partial charge in [-0.2, -0.15) is 0 Å². The van der Waals surface area contributed by atoms with Crippen molar-refractivity contribution >= 4 is 33.4 Å². The number of hydrogen-bond donors (Lipinski definition) is 2. The van der Waals surface area contributed by atoms with Crippen LogP contribution >= 0.6 is 27.5 Å². The summed E-state index contributed by atoms with van der Waals surface area (Å²) in [7, 11) is 0. The van der Waals surface area contributed by atoms with Gasteiger partial charge in [0.15, 0.2) is 0 Å². The molecule has 98 valence electrons. The largest absolute Gasteiger partial charge is 0.455 e. The quantitative estimate of drug-likeness (QED) is 0.639. The van der Waals surface area contributed by atoms with Crippen molar-refractivity contribution in [3.63, 3.8) is 0 Å². The maximum atomic E-state index is 7.58. The van der Waals surface area contributed by atoms with E-state index in [4.69, 9.17) is 27.5 Å². The molecule has 0 atom stereocenters. The summed E-state index contributed by atoms with van der Waals surface area (Å²) in [6, 6.07) is 10.8. The zero-order chi connectivity index (χ0) is 14.0. The molecule has 0 amide bonds. The van der Waals surface area contributed by atoms with E-state index in [1.807, 2.05) is 25.1 Å². The fraction of sp³-hybridized carbons (Fsp3) is 0.0714. The standard InChI is InChI=1S/C14H12BrClN2O/c1-8-2-4-12(10(6-8)14(17)18)19-13-5-3-9(15)7-11(13)16/h2-7H,1H3,(H3,17,18). The first-order chi connectivity index (χ1) is 8.97. The smallest absolute Gasteiger partial charge is 0.146 e. The number of ether oxygens (including phenoxy) is 1. The van der Waals surface area contributed by atoms with Crippen molar-refractivity contribution in [2.45, 2.75) is 6.92 Å². The van der Waals surface area contributed by atoms with Crippen LogP contribution in [0, 0.1) is 12.3 Å². The molecular weight excluding hydrogens is 328 g/mol. The van der Waals surface area contributed by atoms with E-state index in [9.17, 15) is 0 Å². The Bertz CT molecular complexity index is 643. The van der Waals surface area contributed by atoms with Crippen molar-refractivity contribution in [3.05, 3.63) is 57.0 Å². The predicted octanol–water partition coefficient (Wildman–Crippen LogP) is 4.49. The van der Waals surface area contributed by atoms with E-state index in [1.54, 1.807) is 18.2 Å². The maximum Gasteiger partial charge on any atom is 0.146 e. The molecule has 5 heteroatoms. The molecular formula is C14H12BrClN2O. The number of hydrogen-bond acceptors (Lipinski definition) is 2. The lowest BCUT2D eigenvalue weighted by atomic mass is 10.1. The monoisotopic (exact) mass is 338 g/mol. The Morgan fingerprint density at radius 2 is 1.89 bits per heavy atom. The van der Waals surface area contributed by atoms with E-state index >= 15 is 0 Å². The lowest BCUT2D eigenvalue weighted by Crippen LogP contribution is -2.12.